The van der Waals surface area contributed by atoms with Crippen LogP contribution in [0.5, 0.6) is 0 Å². The van der Waals surface area contributed by atoms with Gasteiger partial charge in [-0.05, 0) is 18.6 Å². The standard InChI is InChI=1S/C12H14N2O3/c1-2-3-6-10(12(16)17)14-11(15)9-7-4-5-8-13-9/h3-8,10H,2H2,1H3,(H,14,15)(H,16,17). The number of aliphatic carboxylic acids is 1. The minimum absolute atomic E-state index is 0.198. The lowest BCUT2D eigenvalue weighted by Gasteiger charge is -2.09. The van der Waals surface area contributed by atoms with Gasteiger partial charge in [-0.1, -0.05) is 25.1 Å². The highest BCUT2D eigenvalue weighted by Gasteiger charge is 2.17. The third-order valence-electron chi connectivity index (χ3n) is 2.01. The molecule has 1 aromatic heterocycles. The van der Waals surface area contributed by atoms with E-state index < -0.39 is 17.9 Å². The van der Waals surface area contributed by atoms with Crippen molar-refractivity contribution in [3.63, 3.8) is 0 Å². The van der Waals surface area contributed by atoms with E-state index >= 15 is 0 Å². The number of rotatable bonds is 5. The second-order valence-electron chi connectivity index (χ2n) is 3.34. The highest BCUT2D eigenvalue weighted by Crippen LogP contribution is 1.96. The summed E-state index contributed by atoms with van der Waals surface area (Å²) in [6, 6.07) is 3.85. The molecule has 5 heteroatoms. The van der Waals surface area contributed by atoms with Crippen LogP contribution in [0.4, 0.5) is 0 Å². The zero-order valence-electron chi connectivity index (χ0n) is 9.46. The van der Waals surface area contributed by atoms with Gasteiger partial charge >= 0.3 is 5.97 Å². The summed E-state index contributed by atoms with van der Waals surface area (Å²) in [5.41, 5.74) is 0.198. The Morgan fingerprint density at radius 2 is 2.29 bits per heavy atom. The zero-order valence-corrected chi connectivity index (χ0v) is 9.46. The van der Waals surface area contributed by atoms with Gasteiger partial charge in [0.25, 0.3) is 5.91 Å². The fourth-order valence-corrected chi connectivity index (χ4v) is 1.18. The molecule has 5 nitrogen and oxygen atoms in total. The summed E-state index contributed by atoms with van der Waals surface area (Å²) in [4.78, 5) is 26.4. The van der Waals surface area contributed by atoms with E-state index in [1.54, 1.807) is 18.2 Å². The number of carboxylic acid groups (broad SMARTS) is 1. The zero-order chi connectivity index (χ0) is 12.7. The maximum absolute atomic E-state index is 11.7. The van der Waals surface area contributed by atoms with Crippen LogP contribution in [0.2, 0.25) is 0 Å². The van der Waals surface area contributed by atoms with Crippen LogP contribution in [-0.4, -0.2) is 28.0 Å². The van der Waals surface area contributed by atoms with Gasteiger partial charge in [0.2, 0.25) is 0 Å². The van der Waals surface area contributed by atoms with Crippen molar-refractivity contribution in [2.24, 2.45) is 0 Å². The number of carboxylic acids is 1. The highest BCUT2D eigenvalue weighted by molar-refractivity contribution is 5.95. The van der Waals surface area contributed by atoms with Gasteiger partial charge in [-0.25, -0.2) is 4.79 Å². The Bertz CT molecular complexity index is 415. The molecule has 2 N–H and O–H groups in total. The first-order chi connectivity index (χ1) is 8.15. The fraction of sp³-hybridized carbons (Fsp3) is 0.250. The smallest absolute Gasteiger partial charge is 0.330 e. The number of hydrogen-bond donors (Lipinski definition) is 2. The normalized spacial score (nSPS) is 12.3. The lowest BCUT2D eigenvalue weighted by Crippen LogP contribution is -2.39. The number of carbonyl (C=O) groups excluding carboxylic acids is 1. The summed E-state index contributed by atoms with van der Waals surface area (Å²) in [7, 11) is 0. The van der Waals surface area contributed by atoms with Gasteiger partial charge < -0.3 is 10.4 Å². The Hall–Kier alpha value is -2.17. The van der Waals surface area contributed by atoms with E-state index in [0.717, 1.165) is 0 Å². The van der Waals surface area contributed by atoms with Crippen molar-refractivity contribution in [3.05, 3.63) is 42.2 Å². The lowest BCUT2D eigenvalue weighted by atomic mass is 10.2. The van der Waals surface area contributed by atoms with Crippen LogP contribution in [0.15, 0.2) is 36.5 Å². The average molecular weight is 234 g/mol. The van der Waals surface area contributed by atoms with Crippen LogP contribution in [0.1, 0.15) is 23.8 Å². The first-order valence-corrected chi connectivity index (χ1v) is 5.26. The van der Waals surface area contributed by atoms with Gasteiger partial charge in [0.05, 0.1) is 0 Å². The third-order valence-corrected chi connectivity index (χ3v) is 2.01. The molecule has 0 aliphatic heterocycles. The molecule has 0 bridgehead atoms. The van der Waals surface area contributed by atoms with Gasteiger partial charge in [-0.2, -0.15) is 0 Å². The summed E-state index contributed by atoms with van der Waals surface area (Å²) in [6.07, 6.45) is 5.33. The minimum Gasteiger partial charge on any atom is -0.479 e. The van der Waals surface area contributed by atoms with Crippen molar-refractivity contribution in [1.82, 2.24) is 10.3 Å². The van der Waals surface area contributed by atoms with Crippen molar-refractivity contribution >= 4 is 11.9 Å². The Balaban J connectivity index is 2.71. The van der Waals surface area contributed by atoms with Crippen molar-refractivity contribution in [3.8, 4) is 0 Å². The molecular formula is C12H14N2O3. The number of pyridine rings is 1. The summed E-state index contributed by atoms with van der Waals surface area (Å²) in [5.74, 6) is -1.60. The largest absolute Gasteiger partial charge is 0.479 e. The molecule has 0 spiro atoms. The van der Waals surface area contributed by atoms with E-state index in [4.69, 9.17) is 5.11 Å². The topological polar surface area (TPSA) is 79.3 Å². The minimum atomic E-state index is -1.10. The number of aromatic nitrogens is 1. The molecule has 0 radical (unpaired) electrons. The maximum atomic E-state index is 11.7. The Kier molecular flexibility index (Phi) is 4.87. The van der Waals surface area contributed by atoms with E-state index in [2.05, 4.69) is 10.3 Å². The molecule has 0 aromatic carbocycles. The summed E-state index contributed by atoms with van der Waals surface area (Å²) >= 11 is 0. The Morgan fingerprint density at radius 1 is 1.53 bits per heavy atom. The van der Waals surface area contributed by atoms with E-state index in [1.807, 2.05) is 6.92 Å². The molecule has 1 atom stereocenters. The lowest BCUT2D eigenvalue weighted by molar-refractivity contribution is -0.137. The van der Waals surface area contributed by atoms with Gasteiger partial charge in [0, 0.05) is 6.20 Å². The molecule has 1 heterocycles. The molecule has 1 amide bonds. The molecule has 0 aliphatic rings. The van der Waals surface area contributed by atoms with Gasteiger partial charge in [0.15, 0.2) is 0 Å². The predicted molar refractivity (Wildman–Crippen MR) is 62.6 cm³/mol. The van der Waals surface area contributed by atoms with E-state index in [0.29, 0.717) is 6.42 Å². The van der Waals surface area contributed by atoms with E-state index in [9.17, 15) is 9.59 Å². The Morgan fingerprint density at radius 3 is 2.82 bits per heavy atom. The molecule has 17 heavy (non-hydrogen) atoms. The highest BCUT2D eigenvalue weighted by atomic mass is 16.4. The van der Waals surface area contributed by atoms with Crippen LogP contribution in [0, 0.1) is 0 Å². The third kappa shape index (κ3) is 4.06. The van der Waals surface area contributed by atoms with Crippen LogP contribution in [-0.2, 0) is 4.79 Å². The van der Waals surface area contributed by atoms with Gasteiger partial charge in [-0.3, -0.25) is 9.78 Å². The van der Waals surface area contributed by atoms with E-state index in [1.165, 1.54) is 18.3 Å². The van der Waals surface area contributed by atoms with Crippen molar-refractivity contribution in [2.75, 3.05) is 0 Å². The van der Waals surface area contributed by atoms with Crippen molar-refractivity contribution in [1.29, 1.82) is 0 Å². The molecule has 0 fully saturated rings. The maximum Gasteiger partial charge on any atom is 0.330 e. The van der Waals surface area contributed by atoms with E-state index in [-0.39, 0.29) is 5.69 Å². The first kappa shape index (κ1) is 12.9. The molecule has 1 rings (SSSR count). The molecule has 90 valence electrons. The van der Waals surface area contributed by atoms with Gasteiger partial charge in [0.1, 0.15) is 11.7 Å². The summed E-state index contributed by atoms with van der Waals surface area (Å²) < 4.78 is 0. The average Bonchev–Trinajstić information content (AvgIpc) is 2.35. The number of hydrogen-bond acceptors (Lipinski definition) is 3. The first-order valence-electron chi connectivity index (χ1n) is 5.26. The van der Waals surface area contributed by atoms with Crippen molar-refractivity contribution in [2.45, 2.75) is 19.4 Å². The quantitative estimate of drug-likeness (QED) is 0.751. The molecule has 0 aliphatic carbocycles. The monoisotopic (exact) mass is 234 g/mol. The fourth-order valence-electron chi connectivity index (χ4n) is 1.18. The second-order valence-corrected chi connectivity index (χ2v) is 3.34. The number of nitrogens with zero attached hydrogens (tertiary/aromatic N) is 1. The number of carbonyl (C=O) groups is 2. The van der Waals surface area contributed by atoms with Crippen LogP contribution in [0.3, 0.4) is 0 Å². The summed E-state index contributed by atoms with van der Waals surface area (Å²) in [5, 5.41) is 11.3. The second kappa shape index (κ2) is 6.42. The van der Waals surface area contributed by atoms with Gasteiger partial charge in [-0.15, -0.1) is 0 Å². The van der Waals surface area contributed by atoms with Crippen LogP contribution >= 0.6 is 0 Å². The molecule has 1 unspecified atom stereocenters. The Labute approximate surface area is 99.2 Å². The summed E-state index contributed by atoms with van der Waals surface area (Å²) in [6.45, 7) is 1.88. The van der Waals surface area contributed by atoms with Crippen LogP contribution < -0.4 is 5.32 Å². The number of amides is 1. The predicted octanol–water partition coefficient (Wildman–Crippen LogP) is 1.23. The number of nitrogens with one attached hydrogen (secondary N) is 1. The van der Waals surface area contributed by atoms with Crippen LogP contribution in [0.25, 0.3) is 0 Å². The molecule has 0 saturated heterocycles. The SMILES string of the molecule is CCC=CC(NC(=O)c1ccccn1)C(=O)O. The molecule has 1 aromatic rings. The molecule has 0 saturated carbocycles. The number of allylic oxidation sites excluding steroid dienone is 1. The molecular weight excluding hydrogens is 220 g/mol. The van der Waals surface area contributed by atoms with Crippen molar-refractivity contribution < 1.29 is 14.7 Å².